The zero-order valence-corrected chi connectivity index (χ0v) is 12.6. The highest BCUT2D eigenvalue weighted by Crippen LogP contribution is 2.27. The van der Waals surface area contributed by atoms with E-state index in [0.29, 0.717) is 11.4 Å². The Kier molecular flexibility index (Phi) is 4.56. The third-order valence-electron chi connectivity index (χ3n) is 2.67. The molecule has 0 bridgehead atoms. The van der Waals surface area contributed by atoms with Crippen LogP contribution in [0.2, 0.25) is 0 Å². The van der Waals surface area contributed by atoms with E-state index in [9.17, 15) is 4.79 Å². The Hall–Kier alpha value is -0.870. The smallest absolute Gasteiger partial charge is 0.346 e. The molecule has 0 saturated carbocycles. The molecule has 0 aromatic carbocycles. The summed E-state index contributed by atoms with van der Waals surface area (Å²) in [5, 5.41) is 14.3. The Labute approximate surface area is 113 Å². The van der Waals surface area contributed by atoms with Crippen molar-refractivity contribution in [3.05, 3.63) is 21.9 Å². The topological polar surface area (TPSA) is 49.3 Å². The Morgan fingerprint density at radius 2 is 1.94 bits per heavy atom. The summed E-state index contributed by atoms with van der Waals surface area (Å²) in [5.41, 5.74) is 1.12. The van der Waals surface area contributed by atoms with Gasteiger partial charge in [0, 0.05) is 12.1 Å². The van der Waals surface area contributed by atoms with Crippen LogP contribution in [-0.2, 0) is 6.54 Å². The molecule has 0 unspecified atom stereocenters. The lowest BCUT2D eigenvalue weighted by Gasteiger charge is -2.33. The Bertz CT molecular complexity index is 416. The summed E-state index contributed by atoms with van der Waals surface area (Å²) in [4.78, 5) is 11.5. The molecule has 0 atom stereocenters. The van der Waals surface area contributed by atoms with Crippen molar-refractivity contribution < 1.29 is 9.90 Å². The van der Waals surface area contributed by atoms with Crippen LogP contribution in [0.15, 0.2) is 11.4 Å². The maximum Gasteiger partial charge on any atom is 0.346 e. The van der Waals surface area contributed by atoms with Crippen molar-refractivity contribution in [2.75, 3.05) is 0 Å². The highest BCUT2D eigenvalue weighted by molar-refractivity contribution is 7.12. The van der Waals surface area contributed by atoms with Crippen molar-refractivity contribution in [3.63, 3.8) is 0 Å². The predicted molar refractivity (Wildman–Crippen MR) is 76.3 cm³/mol. The Balaban J connectivity index is 2.64. The minimum atomic E-state index is -0.838. The van der Waals surface area contributed by atoms with Crippen molar-refractivity contribution in [2.24, 2.45) is 5.41 Å². The van der Waals surface area contributed by atoms with Crippen molar-refractivity contribution in [2.45, 2.75) is 53.1 Å². The van der Waals surface area contributed by atoms with Crippen LogP contribution in [0.4, 0.5) is 0 Å². The second-order valence-corrected chi connectivity index (χ2v) is 7.47. The minimum absolute atomic E-state index is 0.00401. The van der Waals surface area contributed by atoms with E-state index in [0.717, 1.165) is 12.0 Å². The van der Waals surface area contributed by atoms with Crippen molar-refractivity contribution in [1.82, 2.24) is 5.32 Å². The highest BCUT2D eigenvalue weighted by atomic mass is 32.1. The molecule has 3 nitrogen and oxygen atoms in total. The van der Waals surface area contributed by atoms with Gasteiger partial charge in [0.05, 0.1) is 0 Å². The van der Waals surface area contributed by atoms with Gasteiger partial charge in [0.2, 0.25) is 0 Å². The lowest BCUT2D eigenvalue weighted by molar-refractivity contribution is 0.0700. The summed E-state index contributed by atoms with van der Waals surface area (Å²) in [6.07, 6.45) is 1.03. The molecule has 1 aromatic heterocycles. The van der Waals surface area contributed by atoms with Gasteiger partial charge in [-0.05, 0) is 42.7 Å². The molecule has 0 radical (unpaired) electrons. The number of carboxylic acid groups (broad SMARTS) is 1. The predicted octanol–water partition coefficient (Wildman–Crippen LogP) is 3.75. The first-order valence-electron chi connectivity index (χ1n) is 6.15. The lowest BCUT2D eigenvalue weighted by Crippen LogP contribution is -2.41. The average molecular weight is 269 g/mol. The van der Waals surface area contributed by atoms with Crippen molar-refractivity contribution in [3.8, 4) is 0 Å². The second-order valence-electron chi connectivity index (χ2n) is 6.55. The first kappa shape index (κ1) is 15.2. The molecule has 1 rings (SSSR count). The monoisotopic (exact) mass is 269 g/mol. The number of aromatic carboxylic acids is 1. The molecule has 0 amide bonds. The molecule has 2 N–H and O–H groups in total. The van der Waals surface area contributed by atoms with Gasteiger partial charge in [-0.2, -0.15) is 0 Å². The van der Waals surface area contributed by atoms with E-state index in [4.69, 9.17) is 5.11 Å². The number of rotatable bonds is 5. The molecule has 0 saturated heterocycles. The van der Waals surface area contributed by atoms with Crippen molar-refractivity contribution in [1.29, 1.82) is 0 Å². The summed E-state index contributed by atoms with van der Waals surface area (Å²) in [6.45, 7) is 11.6. The number of carbonyl (C=O) groups is 1. The number of thiophene rings is 1. The lowest BCUT2D eigenvalue weighted by atomic mass is 9.82. The molecule has 1 heterocycles. The first-order valence-corrected chi connectivity index (χ1v) is 7.03. The van der Waals surface area contributed by atoms with Crippen LogP contribution in [0.3, 0.4) is 0 Å². The van der Waals surface area contributed by atoms with Gasteiger partial charge in [-0.25, -0.2) is 4.79 Å². The fraction of sp³-hybridized carbons (Fsp3) is 0.643. The summed E-state index contributed by atoms with van der Waals surface area (Å²) < 4.78 is 0. The molecule has 0 aliphatic heterocycles. The highest BCUT2D eigenvalue weighted by Gasteiger charge is 2.25. The van der Waals surface area contributed by atoms with Crippen LogP contribution in [0.5, 0.6) is 0 Å². The zero-order chi connectivity index (χ0) is 14.0. The average Bonchev–Trinajstić information content (AvgIpc) is 2.58. The molecule has 0 fully saturated rings. The molecule has 18 heavy (non-hydrogen) atoms. The fourth-order valence-corrected chi connectivity index (χ4v) is 3.15. The number of hydrogen-bond donors (Lipinski definition) is 2. The van der Waals surface area contributed by atoms with E-state index < -0.39 is 5.97 Å². The molecule has 4 heteroatoms. The van der Waals surface area contributed by atoms with Gasteiger partial charge in [-0.1, -0.05) is 20.8 Å². The second kappa shape index (κ2) is 5.41. The van der Waals surface area contributed by atoms with E-state index in [1.165, 1.54) is 11.3 Å². The van der Waals surface area contributed by atoms with Crippen molar-refractivity contribution >= 4 is 17.3 Å². The minimum Gasteiger partial charge on any atom is -0.477 e. The summed E-state index contributed by atoms with van der Waals surface area (Å²) in [7, 11) is 0. The maximum atomic E-state index is 11.0. The molecular formula is C14H23NO2S. The molecule has 102 valence electrons. The molecular weight excluding hydrogens is 246 g/mol. The van der Waals surface area contributed by atoms with Gasteiger partial charge in [-0.15, -0.1) is 11.3 Å². The van der Waals surface area contributed by atoms with Crippen LogP contribution in [-0.4, -0.2) is 16.6 Å². The Morgan fingerprint density at radius 3 is 2.44 bits per heavy atom. The van der Waals surface area contributed by atoms with Gasteiger partial charge in [0.1, 0.15) is 4.88 Å². The number of hydrogen-bond acceptors (Lipinski definition) is 3. The standard InChI is InChI=1S/C14H23NO2S/c1-13(2,3)9-14(4,5)15-8-10-6-7-18-11(10)12(16)17/h6-7,15H,8-9H2,1-5H3,(H,16,17). The molecule has 1 aromatic rings. The van der Waals surface area contributed by atoms with Crippen LogP contribution in [0.25, 0.3) is 0 Å². The van der Waals surface area contributed by atoms with Gasteiger partial charge in [0.15, 0.2) is 0 Å². The quantitative estimate of drug-likeness (QED) is 0.856. The van der Waals surface area contributed by atoms with Gasteiger partial charge in [0.25, 0.3) is 0 Å². The SMILES string of the molecule is CC(C)(C)CC(C)(C)NCc1ccsc1C(=O)O. The van der Waals surface area contributed by atoms with Crippen LogP contribution in [0.1, 0.15) is 56.3 Å². The summed E-state index contributed by atoms with van der Waals surface area (Å²) in [5.74, 6) is -0.838. The molecule has 0 aliphatic rings. The van der Waals surface area contributed by atoms with Gasteiger partial charge >= 0.3 is 5.97 Å². The van der Waals surface area contributed by atoms with Crippen LogP contribution >= 0.6 is 11.3 Å². The maximum absolute atomic E-state index is 11.0. The van der Waals surface area contributed by atoms with Crippen LogP contribution < -0.4 is 5.32 Å². The first-order chi connectivity index (χ1) is 8.11. The van der Waals surface area contributed by atoms with Gasteiger partial charge in [-0.3, -0.25) is 0 Å². The summed E-state index contributed by atoms with van der Waals surface area (Å²) >= 11 is 1.28. The van der Waals surface area contributed by atoms with E-state index in [2.05, 4.69) is 39.9 Å². The van der Waals surface area contributed by atoms with E-state index in [1.807, 2.05) is 11.4 Å². The largest absolute Gasteiger partial charge is 0.477 e. The number of nitrogens with one attached hydrogen (secondary N) is 1. The van der Waals surface area contributed by atoms with E-state index in [-0.39, 0.29) is 11.0 Å². The zero-order valence-electron chi connectivity index (χ0n) is 11.8. The number of carboxylic acids is 1. The molecule has 0 spiro atoms. The third kappa shape index (κ3) is 4.78. The third-order valence-corrected chi connectivity index (χ3v) is 3.62. The van der Waals surface area contributed by atoms with Gasteiger partial charge < -0.3 is 10.4 Å². The Morgan fingerprint density at radius 1 is 1.33 bits per heavy atom. The normalized spacial score (nSPS) is 12.7. The molecule has 0 aliphatic carbocycles. The van der Waals surface area contributed by atoms with E-state index >= 15 is 0 Å². The fourth-order valence-electron chi connectivity index (χ4n) is 2.39. The summed E-state index contributed by atoms with van der Waals surface area (Å²) in [6, 6.07) is 1.88. The van der Waals surface area contributed by atoms with E-state index in [1.54, 1.807) is 0 Å². The van der Waals surface area contributed by atoms with Crippen LogP contribution in [0, 0.1) is 5.41 Å².